The minimum absolute atomic E-state index is 0.0754. The van der Waals surface area contributed by atoms with E-state index in [9.17, 15) is 9.59 Å². The summed E-state index contributed by atoms with van der Waals surface area (Å²) >= 11 is 10.1. The first-order chi connectivity index (χ1) is 16.4. The quantitative estimate of drug-likeness (QED) is 0.352. The molecule has 0 unspecified atom stereocenters. The van der Waals surface area contributed by atoms with Crippen molar-refractivity contribution in [3.8, 4) is 5.75 Å². The maximum atomic E-state index is 13.1. The van der Waals surface area contributed by atoms with Gasteiger partial charge in [-0.05, 0) is 49.2 Å². The number of ether oxygens (including phenoxy) is 1. The molecule has 1 aliphatic rings. The van der Waals surface area contributed by atoms with Gasteiger partial charge in [0.15, 0.2) is 0 Å². The third-order valence-electron chi connectivity index (χ3n) is 5.56. The molecule has 1 amide bonds. The maximum Gasteiger partial charge on any atom is 0.303 e. The fourth-order valence-electron chi connectivity index (χ4n) is 3.93. The summed E-state index contributed by atoms with van der Waals surface area (Å²) in [6.45, 7) is 2.47. The van der Waals surface area contributed by atoms with E-state index in [0.29, 0.717) is 35.0 Å². The molecule has 4 rings (SSSR count). The Hall–Kier alpha value is -2.97. The maximum absolute atomic E-state index is 13.1. The second-order valence-electron chi connectivity index (χ2n) is 7.92. The normalized spacial score (nSPS) is 15.4. The number of amides is 1. The smallest absolute Gasteiger partial charge is 0.303 e. The van der Waals surface area contributed by atoms with Gasteiger partial charge in [-0.1, -0.05) is 39.7 Å². The Labute approximate surface area is 210 Å². The highest BCUT2D eigenvalue weighted by molar-refractivity contribution is 9.10. The molecule has 0 aliphatic carbocycles. The highest BCUT2D eigenvalue weighted by Gasteiger charge is 2.34. The molecule has 0 fully saturated rings. The van der Waals surface area contributed by atoms with Crippen molar-refractivity contribution in [2.45, 2.75) is 38.6 Å². The Morgan fingerprint density at radius 2 is 1.94 bits per heavy atom. The van der Waals surface area contributed by atoms with Gasteiger partial charge in [-0.25, -0.2) is 9.99 Å². The van der Waals surface area contributed by atoms with Crippen LogP contribution in [0.2, 0.25) is 5.15 Å². The molecule has 3 aromatic rings. The van der Waals surface area contributed by atoms with Gasteiger partial charge in [0.05, 0.1) is 23.9 Å². The standard InChI is InChI=1S/C25H23BrClN3O4/c1-2-34-18-11-8-16-12-19(25(27)28-20(16)13-18)22-14-21(15-6-9-17(26)10-7-15)29-30(22)23(31)4-3-5-24(32)33/h6-13,22H,2-5,14H2,1H3,(H,32,33)/t22-/m0/s1. The van der Waals surface area contributed by atoms with Crippen LogP contribution in [0.1, 0.15) is 49.8 Å². The minimum Gasteiger partial charge on any atom is -0.494 e. The van der Waals surface area contributed by atoms with Gasteiger partial charge in [0, 0.05) is 40.8 Å². The fourth-order valence-corrected chi connectivity index (χ4v) is 4.47. The molecule has 0 spiro atoms. The highest BCUT2D eigenvalue weighted by Crippen LogP contribution is 2.38. The average molecular weight is 545 g/mol. The molecule has 1 atom stereocenters. The number of nitrogens with zero attached hydrogens (tertiary/aromatic N) is 3. The van der Waals surface area contributed by atoms with E-state index in [0.717, 1.165) is 21.1 Å². The first-order valence-electron chi connectivity index (χ1n) is 11.0. The number of carboxylic acid groups (broad SMARTS) is 1. The Bertz CT molecular complexity index is 1260. The number of hydrogen-bond acceptors (Lipinski definition) is 5. The van der Waals surface area contributed by atoms with Crippen LogP contribution in [0.5, 0.6) is 5.75 Å². The molecule has 2 heterocycles. The summed E-state index contributed by atoms with van der Waals surface area (Å²) < 4.78 is 6.50. The van der Waals surface area contributed by atoms with Gasteiger partial charge in [0.25, 0.3) is 0 Å². The third kappa shape index (κ3) is 5.39. The molecule has 1 aliphatic heterocycles. The van der Waals surface area contributed by atoms with E-state index in [1.165, 1.54) is 5.01 Å². The average Bonchev–Trinajstić information content (AvgIpc) is 3.24. The lowest BCUT2D eigenvalue weighted by atomic mass is 9.98. The molecule has 0 bridgehead atoms. The number of carbonyl (C=O) groups excluding carboxylic acids is 1. The molecular formula is C25H23BrClN3O4. The Morgan fingerprint density at radius 3 is 2.65 bits per heavy atom. The summed E-state index contributed by atoms with van der Waals surface area (Å²) in [7, 11) is 0. The summed E-state index contributed by atoms with van der Waals surface area (Å²) in [5.41, 5.74) is 3.05. The molecule has 7 nitrogen and oxygen atoms in total. The number of halogens is 2. The topological polar surface area (TPSA) is 92.1 Å². The van der Waals surface area contributed by atoms with Crippen LogP contribution in [-0.2, 0) is 9.59 Å². The van der Waals surface area contributed by atoms with Crippen molar-refractivity contribution in [3.63, 3.8) is 0 Å². The number of carboxylic acids is 1. The van der Waals surface area contributed by atoms with Crippen LogP contribution in [-0.4, -0.2) is 39.3 Å². The molecule has 0 radical (unpaired) electrons. The van der Waals surface area contributed by atoms with Crippen LogP contribution in [0.3, 0.4) is 0 Å². The van der Waals surface area contributed by atoms with E-state index in [-0.39, 0.29) is 25.2 Å². The van der Waals surface area contributed by atoms with Crippen LogP contribution in [0, 0.1) is 0 Å². The van der Waals surface area contributed by atoms with Crippen LogP contribution in [0.4, 0.5) is 0 Å². The van der Waals surface area contributed by atoms with Gasteiger partial charge in [0.2, 0.25) is 5.91 Å². The third-order valence-corrected chi connectivity index (χ3v) is 6.40. The first-order valence-corrected chi connectivity index (χ1v) is 12.1. The van der Waals surface area contributed by atoms with E-state index < -0.39 is 12.0 Å². The monoisotopic (exact) mass is 543 g/mol. The van der Waals surface area contributed by atoms with Gasteiger partial charge < -0.3 is 9.84 Å². The lowest BCUT2D eigenvalue weighted by molar-refractivity contribution is -0.137. The molecule has 176 valence electrons. The molecule has 34 heavy (non-hydrogen) atoms. The van der Waals surface area contributed by atoms with Crippen molar-refractivity contribution in [1.82, 2.24) is 9.99 Å². The number of hydrazone groups is 1. The fraction of sp³-hybridized carbons (Fsp3) is 0.280. The van der Waals surface area contributed by atoms with Crippen molar-refractivity contribution in [2.75, 3.05) is 6.61 Å². The first kappa shape index (κ1) is 24.2. The Balaban J connectivity index is 1.68. The molecule has 1 aromatic heterocycles. The van der Waals surface area contributed by atoms with Gasteiger partial charge in [-0.3, -0.25) is 9.59 Å². The minimum atomic E-state index is -0.932. The lowest BCUT2D eigenvalue weighted by Gasteiger charge is -2.23. The summed E-state index contributed by atoms with van der Waals surface area (Å²) in [5, 5.41) is 16.2. The lowest BCUT2D eigenvalue weighted by Crippen LogP contribution is -2.27. The van der Waals surface area contributed by atoms with Crippen LogP contribution in [0.25, 0.3) is 10.9 Å². The molecule has 0 saturated heterocycles. The van der Waals surface area contributed by atoms with Crippen molar-refractivity contribution < 1.29 is 19.4 Å². The van der Waals surface area contributed by atoms with Crippen LogP contribution in [0.15, 0.2) is 58.1 Å². The van der Waals surface area contributed by atoms with Crippen LogP contribution < -0.4 is 4.74 Å². The van der Waals surface area contributed by atoms with Crippen LogP contribution >= 0.6 is 27.5 Å². The van der Waals surface area contributed by atoms with Gasteiger partial charge >= 0.3 is 5.97 Å². The van der Waals surface area contributed by atoms with Crippen molar-refractivity contribution in [3.05, 3.63) is 69.3 Å². The SMILES string of the molecule is CCOc1ccc2cc([C@@H]3CC(c4ccc(Br)cc4)=NN3C(=O)CCCC(=O)O)c(Cl)nc2c1. The van der Waals surface area contributed by atoms with Gasteiger partial charge in [-0.2, -0.15) is 5.10 Å². The summed E-state index contributed by atoms with van der Waals surface area (Å²) in [6.07, 6.45) is 0.713. The second kappa shape index (κ2) is 10.5. The number of carbonyl (C=O) groups is 2. The second-order valence-corrected chi connectivity index (χ2v) is 9.19. The predicted octanol–water partition coefficient (Wildman–Crippen LogP) is 5.98. The number of pyridine rings is 1. The van der Waals surface area contributed by atoms with E-state index in [1.807, 2.05) is 55.5 Å². The Morgan fingerprint density at radius 1 is 1.18 bits per heavy atom. The molecule has 1 N–H and O–H groups in total. The van der Waals surface area contributed by atoms with Gasteiger partial charge in [-0.15, -0.1) is 0 Å². The van der Waals surface area contributed by atoms with E-state index in [2.05, 4.69) is 26.0 Å². The van der Waals surface area contributed by atoms with Crippen molar-refractivity contribution in [2.24, 2.45) is 5.10 Å². The number of hydrogen-bond donors (Lipinski definition) is 1. The summed E-state index contributed by atoms with van der Waals surface area (Å²) in [4.78, 5) is 28.5. The predicted molar refractivity (Wildman–Crippen MR) is 134 cm³/mol. The number of aliphatic carboxylic acids is 1. The number of fused-ring (bicyclic) bond motifs is 1. The van der Waals surface area contributed by atoms with E-state index in [4.69, 9.17) is 21.4 Å². The van der Waals surface area contributed by atoms with E-state index >= 15 is 0 Å². The van der Waals surface area contributed by atoms with E-state index in [1.54, 1.807) is 0 Å². The zero-order valence-electron chi connectivity index (χ0n) is 18.5. The highest BCUT2D eigenvalue weighted by atomic mass is 79.9. The zero-order chi connectivity index (χ0) is 24.2. The van der Waals surface area contributed by atoms with Gasteiger partial charge in [0.1, 0.15) is 10.9 Å². The van der Waals surface area contributed by atoms with Crippen molar-refractivity contribution >= 4 is 56.0 Å². The summed E-state index contributed by atoms with van der Waals surface area (Å²) in [6, 6.07) is 14.8. The number of rotatable bonds is 8. The largest absolute Gasteiger partial charge is 0.494 e. The van der Waals surface area contributed by atoms with Crippen molar-refractivity contribution in [1.29, 1.82) is 0 Å². The Kier molecular flexibility index (Phi) is 7.48. The molecular weight excluding hydrogens is 522 g/mol. The zero-order valence-corrected chi connectivity index (χ0v) is 20.8. The number of benzene rings is 2. The molecule has 9 heteroatoms. The summed E-state index contributed by atoms with van der Waals surface area (Å²) in [5.74, 6) is -0.470. The number of aromatic nitrogens is 1. The molecule has 0 saturated carbocycles. The molecule has 2 aromatic carbocycles.